The minimum atomic E-state index is -0.264. The molecular formula is C16H22BrClN2O. The van der Waals surface area contributed by atoms with Crippen LogP contribution in [-0.2, 0) is 10.2 Å². The Bertz CT molecular complexity index is 494. The molecule has 2 aliphatic rings. The SMILES string of the molecule is Cl.NC1CCC(NC(=O)C2(c3ccc(Br)cc3)CC2)CC1. The van der Waals surface area contributed by atoms with Crippen molar-refractivity contribution in [3.63, 3.8) is 0 Å². The highest BCUT2D eigenvalue weighted by Crippen LogP contribution is 2.48. The summed E-state index contributed by atoms with van der Waals surface area (Å²) in [6.07, 6.45) is 6.01. The van der Waals surface area contributed by atoms with Gasteiger partial charge in [0.15, 0.2) is 0 Å². The number of nitrogens with two attached hydrogens (primary N) is 1. The monoisotopic (exact) mass is 372 g/mol. The molecule has 1 aromatic carbocycles. The summed E-state index contributed by atoms with van der Waals surface area (Å²) < 4.78 is 1.05. The summed E-state index contributed by atoms with van der Waals surface area (Å²) in [6, 6.07) is 8.80. The van der Waals surface area contributed by atoms with Crippen LogP contribution in [0.4, 0.5) is 0 Å². The number of rotatable bonds is 3. The van der Waals surface area contributed by atoms with Crippen LogP contribution in [0.2, 0.25) is 0 Å². The van der Waals surface area contributed by atoms with Gasteiger partial charge in [-0.15, -0.1) is 12.4 Å². The average Bonchev–Trinajstić information content (AvgIpc) is 3.24. The minimum Gasteiger partial charge on any atom is -0.353 e. The lowest BCUT2D eigenvalue weighted by Crippen LogP contribution is -2.44. The molecule has 0 heterocycles. The van der Waals surface area contributed by atoms with E-state index in [0.29, 0.717) is 12.1 Å². The number of carbonyl (C=O) groups excluding carboxylic acids is 1. The van der Waals surface area contributed by atoms with Gasteiger partial charge in [-0.3, -0.25) is 4.79 Å². The van der Waals surface area contributed by atoms with Crippen molar-refractivity contribution in [2.24, 2.45) is 5.73 Å². The number of benzene rings is 1. The van der Waals surface area contributed by atoms with E-state index in [9.17, 15) is 4.79 Å². The fourth-order valence-corrected chi connectivity index (χ4v) is 3.39. The Labute approximate surface area is 140 Å². The van der Waals surface area contributed by atoms with Crippen LogP contribution in [0.3, 0.4) is 0 Å². The Morgan fingerprint density at radius 3 is 2.24 bits per heavy atom. The molecule has 0 aromatic heterocycles. The Kier molecular flexibility index (Phi) is 5.33. The van der Waals surface area contributed by atoms with E-state index >= 15 is 0 Å². The van der Waals surface area contributed by atoms with Gasteiger partial charge in [-0.25, -0.2) is 0 Å². The Morgan fingerprint density at radius 2 is 1.71 bits per heavy atom. The van der Waals surface area contributed by atoms with E-state index in [-0.39, 0.29) is 23.7 Å². The Balaban J connectivity index is 0.00000161. The fourth-order valence-electron chi connectivity index (χ4n) is 3.13. The maximum absolute atomic E-state index is 12.6. The summed E-state index contributed by atoms with van der Waals surface area (Å²) >= 11 is 3.44. The fraction of sp³-hybridized carbons (Fsp3) is 0.562. The number of carbonyl (C=O) groups is 1. The van der Waals surface area contributed by atoms with Crippen LogP contribution in [0.1, 0.15) is 44.1 Å². The lowest BCUT2D eigenvalue weighted by molar-refractivity contribution is -0.124. The molecular weight excluding hydrogens is 352 g/mol. The van der Waals surface area contributed by atoms with Gasteiger partial charge < -0.3 is 11.1 Å². The highest BCUT2D eigenvalue weighted by molar-refractivity contribution is 9.10. The van der Waals surface area contributed by atoms with Crippen LogP contribution in [-0.4, -0.2) is 18.0 Å². The van der Waals surface area contributed by atoms with Crippen molar-refractivity contribution in [3.8, 4) is 0 Å². The maximum Gasteiger partial charge on any atom is 0.230 e. The van der Waals surface area contributed by atoms with Crippen molar-refractivity contribution < 1.29 is 4.79 Å². The second-order valence-corrected chi connectivity index (χ2v) is 7.09. The van der Waals surface area contributed by atoms with Gasteiger partial charge in [0.2, 0.25) is 5.91 Å². The molecule has 0 unspecified atom stereocenters. The normalized spacial score (nSPS) is 26.6. The smallest absolute Gasteiger partial charge is 0.230 e. The van der Waals surface area contributed by atoms with Crippen molar-refractivity contribution in [1.29, 1.82) is 0 Å². The molecule has 1 aromatic rings. The first-order valence-electron chi connectivity index (χ1n) is 7.43. The molecule has 2 aliphatic carbocycles. The van der Waals surface area contributed by atoms with Crippen molar-refractivity contribution in [1.82, 2.24) is 5.32 Å². The lowest BCUT2D eigenvalue weighted by atomic mass is 9.90. The van der Waals surface area contributed by atoms with Crippen LogP contribution in [0, 0.1) is 0 Å². The van der Waals surface area contributed by atoms with Crippen LogP contribution in [0.15, 0.2) is 28.7 Å². The van der Waals surface area contributed by atoms with Gasteiger partial charge in [-0.05, 0) is 56.2 Å². The molecule has 0 atom stereocenters. The molecule has 3 N–H and O–H groups in total. The number of hydrogen-bond donors (Lipinski definition) is 2. The van der Waals surface area contributed by atoms with E-state index in [4.69, 9.17) is 5.73 Å². The zero-order valence-electron chi connectivity index (χ0n) is 12.0. The molecule has 21 heavy (non-hydrogen) atoms. The van der Waals surface area contributed by atoms with Crippen molar-refractivity contribution in [3.05, 3.63) is 34.3 Å². The molecule has 0 aliphatic heterocycles. The van der Waals surface area contributed by atoms with Crippen molar-refractivity contribution >= 4 is 34.2 Å². The van der Waals surface area contributed by atoms with Gasteiger partial charge in [-0.2, -0.15) is 0 Å². The Hall–Kier alpha value is -0.580. The first-order chi connectivity index (χ1) is 9.60. The average molecular weight is 374 g/mol. The summed E-state index contributed by atoms with van der Waals surface area (Å²) in [5.41, 5.74) is 6.79. The third-order valence-electron chi connectivity index (χ3n) is 4.69. The zero-order chi connectivity index (χ0) is 14.2. The van der Waals surface area contributed by atoms with Gasteiger partial charge in [0.05, 0.1) is 5.41 Å². The van der Waals surface area contributed by atoms with Crippen LogP contribution in [0.25, 0.3) is 0 Å². The molecule has 3 rings (SSSR count). The van der Waals surface area contributed by atoms with Gasteiger partial charge in [0.1, 0.15) is 0 Å². The van der Waals surface area contributed by atoms with E-state index in [1.54, 1.807) is 0 Å². The van der Waals surface area contributed by atoms with Gasteiger partial charge in [0, 0.05) is 16.6 Å². The molecule has 0 radical (unpaired) electrons. The van der Waals surface area contributed by atoms with E-state index < -0.39 is 0 Å². The number of amides is 1. The van der Waals surface area contributed by atoms with Crippen LogP contribution >= 0.6 is 28.3 Å². The summed E-state index contributed by atoms with van der Waals surface area (Å²) in [5.74, 6) is 0.209. The number of halogens is 2. The Morgan fingerprint density at radius 1 is 1.14 bits per heavy atom. The first kappa shape index (κ1) is 16.8. The molecule has 0 saturated heterocycles. The van der Waals surface area contributed by atoms with Crippen molar-refractivity contribution in [2.75, 3.05) is 0 Å². The molecule has 116 valence electrons. The lowest BCUT2D eigenvalue weighted by Gasteiger charge is -2.28. The maximum atomic E-state index is 12.6. The van der Waals surface area contributed by atoms with Crippen molar-refractivity contribution in [2.45, 2.75) is 56.0 Å². The predicted octanol–water partition coefficient (Wildman–Crippen LogP) is 3.29. The number of nitrogens with one attached hydrogen (secondary N) is 1. The van der Waals surface area contributed by atoms with E-state index in [1.165, 1.54) is 0 Å². The number of hydrogen-bond acceptors (Lipinski definition) is 2. The molecule has 1 amide bonds. The molecule has 2 fully saturated rings. The molecule has 0 bridgehead atoms. The second kappa shape index (κ2) is 6.67. The highest BCUT2D eigenvalue weighted by atomic mass is 79.9. The predicted molar refractivity (Wildman–Crippen MR) is 90.7 cm³/mol. The van der Waals surface area contributed by atoms with E-state index in [2.05, 4.69) is 33.4 Å². The second-order valence-electron chi connectivity index (χ2n) is 6.17. The molecule has 0 spiro atoms. The highest BCUT2D eigenvalue weighted by Gasteiger charge is 2.51. The van der Waals surface area contributed by atoms with Gasteiger partial charge in [-0.1, -0.05) is 28.1 Å². The van der Waals surface area contributed by atoms with E-state index in [0.717, 1.165) is 48.6 Å². The van der Waals surface area contributed by atoms with Gasteiger partial charge >= 0.3 is 0 Å². The largest absolute Gasteiger partial charge is 0.353 e. The standard InChI is InChI=1S/C16H21BrN2O.ClH/c17-12-3-1-11(2-4-12)16(9-10-16)15(20)19-14-7-5-13(18)6-8-14;/h1-4,13-14H,5-10,18H2,(H,19,20);1H. The quantitative estimate of drug-likeness (QED) is 0.854. The third kappa shape index (κ3) is 3.61. The molecule has 3 nitrogen and oxygen atoms in total. The summed E-state index contributed by atoms with van der Waals surface area (Å²) in [7, 11) is 0. The molecule has 2 saturated carbocycles. The third-order valence-corrected chi connectivity index (χ3v) is 5.22. The zero-order valence-corrected chi connectivity index (χ0v) is 14.4. The summed E-state index contributed by atoms with van der Waals surface area (Å²) in [5, 5.41) is 3.25. The minimum absolute atomic E-state index is 0. The van der Waals surface area contributed by atoms with E-state index in [1.807, 2.05) is 12.1 Å². The summed E-state index contributed by atoms with van der Waals surface area (Å²) in [6.45, 7) is 0. The van der Waals surface area contributed by atoms with Gasteiger partial charge in [0.25, 0.3) is 0 Å². The first-order valence-corrected chi connectivity index (χ1v) is 8.22. The van der Waals surface area contributed by atoms with Crippen LogP contribution < -0.4 is 11.1 Å². The molecule has 5 heteroatoms. The summed E-state index contributed by atoms with van der Waals surface area (Å²) in [4.78, 5) is 12.6. The topological polar surface area (TPSA) is 55.1 Å². The van der Waals surface area contributed by atoms with Crippen LogP contribution in [0.5, 0.6) is 0 Å².